The summed E-state index contributed by atoms with van der Waals surface area (Å²) in [6.07, 6.45) is 8.73. The van der Waals surface area contributed by atoms with Crippen molar-refractivity contribution >= 4 is 0 Å². The predicted octanol–water partition coefficient (Wildman–Crippen LogP) is 6.00. The SMILES string of the molecule is FC(F)(F)c1ccc(OCCC/C=C/C2CCCCC2)cc1. The number of ether oxygens (including phenoxy) is 1. The average Bonchev–Trinajstić information content (AvgIpc) is 2.51. The molecule has 122 valence electrons. The first kappa shape index (κ1) is 16.9. The maximum absolute atomic E-state index is 12.4. The Balaban J connectivity index is 1.63. The molecule has 0 heterocycles. The average molecular weight is 312 g/mol. The van der Waals surface area contributed by atoms with E-state index in [4.69, 9.17) is 4.74 Å². The van der Waals surface area contributed by atoms with E-state index in [2.05, 4.69) is 12.2 Å². The third-order valence-electron chi connectivity index (χ3n) is 4.02. The van der Waals surface area contributed by atoms with E-state index in [0.29, 0.717) is 12.4 Å². The normalized spacial score (nSPS) is 17.0. The second kappa shape index (κ2) is 8.25. The summed E-state index contributed by atoms with van der Waals surface area (Å²) in [4.78, 5) is 0. The van der Waals surface area contributed by atoms with Gasteiger partial charge in [0.05, 0.1) is 12.2 Å². The van der Waals surface area contributed by atoms with Crippen molar-refractivity contribution in [1.82, 2.24) is 0 Å². The van der Waals surface area contributed by atoms with Crippen molar-refractivity contribution in [3.8, 4) is 5.75 Å². The molecule has 0 amide bonds. The third-order valence-corrected chi connectivity index (χ3v) is 4.02. The summed E-state index contributed by atoms with van der Waals surface area (Å²) in [6.45, 7) is 0.528. The molecule has 1 saturated carbocycles. The zero-order valence-electron chi connectivity index (χ0n) is 12.7. The molecule has 0 radical (unpaired) electrons. The Morgan fingerprint density at radius 3 is 2.36 bits per heavy atom. The highest BCUT2D eigenvalue weighted by Crippen LogP contribution is 2.30. The number of rotatable bonds is 6. The lowest BCUT2D eigenvalue weighted by Gasteiger charge is -2.17. The van der Waals surface area contributed by atoms with Gasteiger partial charge in [-0.2, -0.15) is 13.2 Å². The van der Waals surface area contributed by atoms with Crippen molar-refractivity contribution < 1.29 is 17.9 Å². The highest BCUT2D eigenvalue weighted by molar-refractivity contribution is 5.28. The van der Waals surface area contributed by atoms with Gasteiger partial charge in [0.25, 0.3) is 0 Å². The first-order valence-electron chi connectivity index (χ1n) is 8.02. The van der Waals surface area contributed by atoms with E-state index in [0.717, 1.165) is 30.9 Å². The molecule has 0 unspecified atom stereocenters. The minimum atomic E-state index is -4.29. The van der Waals surface area contributed by atoms with Crippen LogP contribution in [0.3, 0.4) is 0 Å². The van der Waals surface area contributed by atoms with Crippen LogP contribution in [-0.2, 0) is 6.18 Å². The maximum atomic E-state index is 12.4. The largest absolute Gasteiger partial charge is 0.494 e. The van der Waals surface area contributed by atoms with Gasteiger partial charge < -0.3 is 4.74 Å². The Bertz CT molecular complexity index is 456. The van der Waals surface area contributed by atoms with Gasteiger partial charge in [0.2, 0.25) is 0 Å². The van der Waals surface area contributed by atoms with Gasteiger partial charge in [-0.15, -0.1) is 0 Å². The molecule has 1 nitrogen and oxygen atoms in total. The predicted molar refractivity (Wildman–Crippen MR) is 81.9 cm³/mol. The summed E-state index contributed by atoms with van der Waals surface area (Å²) < 4.78 is 42.7. The minimum absolute atomic E-state index is 0.490. The molecular formula is C18H23F3O. The summed E-state index contributed by atoms with van der Waals surface area (Å²) in [7, 11) is 0. The van der Waals surface area contributed by atoms with Crippen LogP contribution >= 0.6 is 0 Å². The molecule has 0 N–H and O–H groups in total. The van der Waals surface area contributed by atoms with Crippen LogP contribution in [0.5, 0.6) is 5.75 Å². The standard InChI is InChI=1S/C18H23F3O/c19-18(20,21)16-10-12-17(13-11-16)22-14-6-2-5-9-15-7-3-1-4-8-15/h5,9-13,15H,1-4,6-8,14H2/b9-5+. The molecule has 1 aromatic rings. The lowest BCUT2D eigenvalue weighted by Crippen LogP contribution is -2.04. The van der Waals surface area contributed by atoms with Crippen LogP contribution in [0.4, 0.5) is 13.2 Å². The highest BCUT2D eigenvalue weighted by Gasteiger charge is 2.29. The number of hydrogen-bond acceptors (Lipinski definition) is 1. The Labute approximate surface area is 130 Å². The molecule has 0 aliphatic heterocycles. The highest BCUT2D eigenvalue weighted by atomic mass is 19.4. The van der Waals surface area contributed by atoms with Crippen molar-refractivity contribution in [2.75, 3.05) is 6.61 Å². The summed E-state index contributed by atoms with van der Waals surface area (Å²) in [5.74, 6) is 1.23. The molecule has 1 aliphatic carbocycles. The van der Waals surface area contributed by atoms with Crippen LogP contribution in [0.25, 0.3) is 0 Å². The van der Waals surface area contributed by atoms with Gasteiger partial charge in [-0.3, -0.25) is 0 Å². The Hall–Kier alpha value is -1.45. The summed E-state index contributed by atoms with van der Waals surface area (Å²) >= 11 is 0. The second-order valence-electron chi connectivity index (χ2n) is 5.84. The quantitative estimate of drug-likeness (QED) is 0.462. The van der Waals surface area contributed by atoms with E-state index in [1.807, 2.05) is 0 Å². The Kier molecular flexibility index (Phi) is 6.34. The lowest BCUT2D eigenvalue weighted by atomic mass is 9.89. The van der Waals surface area contributed by atoms with Gasteiger partial charge in [0, 0.05) is 0 Å². The van der Waals surface area contributed by atoms with Gasteiger partial charge in [-0.25, -0.2) is 0 Å². The van der Waals surface area contributed by atoms with E-state index in [1.54, 1.807) is 0 Å². The van der Waals surface area contributed by atoms with Gasteiger partial charge in [-0.1, -0.05) is 31.4 Å². The molecule has 0 atom stereocenters. The number of benzene rings is 1. The monoisotopic (exact) mass is 312 g/mol. The smallest absolute Gasteiger partial charge is 0.416 e. The van der Waals surface area contributed by atoms with E-state index < -0.39 is 11.7 Å². The number of allylic oxidation sites excluding steroid dienone is 2. The first-order chi connectivity index (χ1) is 10.6. The van der Waals surface area contributed by atoms with Crippen molar-refractivity contribution in [2.24, 2.45) is 5.92 Å². The van der Waals surface area contributed by atoms with Crippen LogP contribution in [0.1, 0.15) is 50.5 Å². The van der Waals surface area contributed by atoms with Crippen molar-refractivity contribution in [1.29, 1.82) is 0 Å². The van der Waals surface area contributed by atoms with Gasteiger partial charge in [0.15, 0.2) is 0 Å². The molecule has 2 rings (SSSR count). The fourth-order valence-corrected chi connectivity index (χ4v) is 2.75. The van der Waals surface area contributed by atoms with E-state index in [1.165, 1.54) is 44.2 Å². The summed E-state index contributed by atoms with van der Waals surface area (Å²) in [6, 6.07) is 4.86. The van der Waals surface area contributed by atoms with Crippen LogP contribution in [0, 0.1) is 5.92 Å². The topological polar surface area (TPSA) is 9.23 Å². The molecular weight excluding hydrogens is 289 g/mol. The molecule has 0 bridgehead atoms. The molecule has 0 saturated heterocycles. The Morgan fingerprint density at radius 2 is 1.73 bits per heavy atom. The maximum Gasteiger partial charge on any atom is 0.416 e. The summed E-state index contributed by atoms with van der Waals surface area (Å²) in [5.41, 5.74) is -0.643. The van der Waals surface area contributed by atoms with Crippen LogP contribution in [0.15, 0.2) is 36.4 Å². The van der Waals surface area contributed by atoms with Crippen molar-refractivity contribution in [2.45, 2.75) is 51.1 Å². The third kappa shape index (κ3) is 5.74. The summed E-state index contributed by atoms with van der Waals surface area (Å²) in [5, 5.41) is 0. The molecule has 4 heteroatoms. The van der Waals surface area contributed by atoms with Crippen LogP contribution in [0.2, 0.25) is 0 Å². The first-order valence-corrected chi connectivity index (χ1v) is 8.02. The fraction of sp³-hybridized carbons (Fsp3) is 0.556. The van der Waals surface area contributed by atoms with E-state index in [-0.39, 0.29) is 0 Å². The number of hydrogen-bond donors (Lipinski definition) is 0. The van der Waals surface area contributed by atoms with E-state index in [9.17, 15) is 13.2 Å². The van der Waals surface area contributed by atoms with Gasteiger partial charge in [-0.05, 0) is 55.9 Å². The van der Waals surface area contributed by atoms with Gasteiger partial charge in [0.1, 0.15) is 5.75 Å². The fourth-order valence-electron chi connectivity index (χ4n) is 2.75. The zero-order valence-corrected chi connectivity index (χ0v) is 12.7. The minimum Gasteiger partial charge on any atom is -0.494 e. The van der Waals surface area contributed by atoms with Gasteiger partial charge >= 0.3 is 6.18 Å². The second-order valence-corrected chi connectivity index (χ2v) is 5.84. The molecule has 0 aromatic heterocycles. The van der Waals surface area contributed by atoms with E-state index >= 15 is 0 Å². The van der Waals surface area contributed by atoms with Crippen molar-refractivity contribution in [3.05, 3.63) is 42.0 Å². The van der Waals surface area contributed by atoms with Crippen LogP contribution in [-0.4, -0.2) is 6.61 Å². The molecule has 1 aliphatic rings. The molecule has 0 spiro atoms. The number of alkyl halides is 3. The Morgan fingerprint density at radius 1 is 1.05 bits per heavy atom. The van der Waals surface area contributed by atoms with Crippen molar-refractivity contribution in [3.63, 3.8) is 0 Å². The molecule has 1 aromatic carbocycles. The molecule has 22 heavy (non-hydrogen) atoms. The zero-order chi connectivity index (χ0) is 15.8. The lowest BCUT2D eigenvalue weighted by molar-refractivity contribution is -0.137. The van der Waals surface area contributed by atoms with Crippen LogP contribution < -0.4 is 4.74 Å². The molecule has 1 fully saturated rings. The number of halogens is 3. The number of unbranched alkanes of at least 4 members (excludes halogenated alkanes) is 1.